The van der Waals surface area contributed by atoms with Crippen LogP contribution in [-0.4, -0.2) is 15.4 Å². The van der Waals surface area contributed by atoms with E-state index in [1.807, 2.05) is 6.07 Å². The van der Waals surface area contributed by atoms with Crippen LogP contribution < -0.4 is 0 Å². The van der Waals surface area contributed by atoms with E-state index < -0.39 is 0 Å². The van der Waals surface area contributed by atoms with E-state index in [9.17, 15) is 0 Å². The van der Waals surface area contributed by atoms with Crippen molar-refractivity contribution < 1.29 is 0 Å². The molecule has 0 unspecified atom stereocenters. The summed E-state index contributed by atoms with van der Waals surface area (Å²) >= 11 is 9.39. The summed E-state index contributed by atoms with van der Waals surface area (Å²) in [4.78, 5) is 4.68. The number of hydrogen-bond donors (Lipinski definition) is 0. The van der Waals surface area contributed by atoms with Crippen LogP contribution in [-0.2, 0) is 13.0 Å². The first-order chi connectivity index (χ1) is 8.61. The van der Waals surface area contributed by atoms with Crippen molar-refractivity contribution in [3.05, 3.63) is 28.5 Å². The summed E-state index contributed by atoms with van der Waals surface area (Å²) in [7, 11) is 0. The molecule has 0 atom stereocenters. The Balaban J connectivity index is 2.43. The molecule has 2 rings (SSSR count). The molecular formula is C14H18BrClN2. The highest BCUT2D eigenvalue weighted by molar-refractivity contribution is 9.10. The largest absolute Gasteiger partial charge is 0.328 e. The van der Waals surface area contributed by atoms with Gasteiger partial charge in [0.15, 0.2) is 0 Å². The predicted octanol–water partition coefficient (Wildman–Crippen LogP) is 4.63. The molecule has 0 aliphatic carbocycles. The number of halogens is 2. The Labute approximate surface area is 121 Å². The lowest BCUT2D eigenvalue weighted by Gasteiger charge is -2.10. The molecule has 1 aromatic heterocycles. The van der Waals surface area contributed by atoms with Crippen molar-refractivity contribution >= 4 is 38.6 Å². The van der Waals surface area contributed by atoms with E-state index in [4.69, 9.17) is 11.6 Å². The monoisotopic (exact) mass is 328 g/mol. The van der Waals surface area contributed by atoms with Crippen molar-refractivity contribution in [1.29, 1.82) is 0 Å². The van der Waals surface area contributed by atoms with Gasteiger partial charge in [-0.3, -0.25) is 0 Å². The number of nitrogens with zero attached hydrogens (tertiary/aromatic N) is 2. The van der Waals surface area contributed by atoms with Gasteiger partial charge in [0.25, 0.3) is 0 Å². The number of aryl methyl sites for hydroxylation is 2. The highest BCUT2D eigenvalue weighted by Crippen LogP contribution is 2.22. The lowest BCUT2D eigenvalue weighted by Crippen LogP contribution is -2.06. The second-order valence-corrected chi connectivity index (χ2v) is 6.23. The maximum atomic E-state index is 5.87. The Morgan fingerprint density at radius 3 is 2.83 bits per heavy atom. The molecular weight excluding hydrogens is 312 g/mol. The van der Waals surface area contributed by atoms with Gasteiger partial charge in [0.1, 0.15) is 5.82 Å². The first-order valence-corrected chi connectivity index (χ1v) is 7.65. The third-order valence-electron chi connectivity index (χ3n) is 3.04. The predicted molar refractivity (Wildman–Crippen MR) is 81.3 cm³/mol. The molecule has 2 nitrogen and oxygen atoms in total. The molecule has 0 spiro atoms. The minimum atomic E-state index is 0.617. The standard InChI is InChI=1S/C14H18BrClN2/c1-10(2)6-8-18-13-9-11(15)3-4-12(13)17-14(18)5-7-16/h3-4,9-10H,5-8H2,1-2H3. The number of aromatic nitrogens is 2. The number of rotatable bonds is 5. The Hall–Kier alpha value is -0.540. The Bertz CT molecular complexity index is 534. The van der Waals surface area contributed by atoms with E-state index in [0.717, 1.165) is 35.2 Å². The minimum absolute atomic E-state index is 0.617. The van der Waals surface area contributed by atoms with Crippen LogP contribution in [0.1, 0.15) is 26.1 Å². The van der Waals surface area contributed by atoms with E-state index in [-0.39, 0.29) is 0 Å². The van der Waals surface area contributed by atoms with Crippen LogP contribution in [0.2, 0.25) is 0 Å². The van der Waals surface area contributed by atoms with E-state index in [0.29, 0.717) is 11.8 Å². The van der Waals surface area contributed by atoms with Gasteiger partial charge in [-0.2, -0.15) is 0 Å². The van der Waals surface area contributed by atoms with Gasteiger partial charge in [-0.25, -0.2) is 4.98 Å². The van der Waals surface area contributed by atoms with Gasteiger partial charge in [-0.05, 0) is 30.5 Å². The average molecular weight is 330 g/mol. The van der Waals surface area contributed by atoms with Gasteiger partial charge in [-0.15, -0.1) is 11.6 Å². The lowest BCUT2D eigenvalue weighted by atomic mass is 10.1. The second kappa shape index (κ2) is 6.07. The Morgan fingerprint density at radius 1 is 1.39 bits per heavy atom. The summed E-state index contributed by atoms with van der Waals surface area (Å²) in [6.07, 6.45) is 1.99. The summed E-state index contributed by atoms with van der Waals surface area (Å²) in [5.74, 6) is 2.41. The quantitative estimate of drug-likeness (QED) is 0.732. The number of imidazole rings is 1. The summed E-state index contributed by atoms with van der Waals surface area (Å²) < 4.78 is 3.40. The summed E-state index contributed by atoms with van der Waals surface area (Å²) in [5.41, 5.74) is 2.26. The average Bonchev–Trinajstić information content (AvgIpc) is 2.64. The van der Waals surface area contributed by atoms with Crippen molar-refractivity contribution in [2.24, 2.45) is 5.92 Å². The maximum Gasteiger partial charge on any atom is 0.111 e. The molecule has 0 saturated heterocycles. The van der Waals surface area contributed by atoms with E-state index in [2.05, 4.69) is 51.5 Å². The first-order valence-electron chi connectivity index (χ1n) is 6.32. The Morgan fingerprint density at radius 2 is 2.17 bits per heavy atom. The molecule has 0 bridgehead atoms. The molecule has 0 aliphatic rings. The first kappa shape index (κ1) is 13.9. The van der Waals surface area contributed by atoms with Gasteiger partial charge in [0, 0.05) is 23.3 Å². The third-order valence-corrected chi connectivity index (χ3v) is 3.72. The second-order valence-electron chi connectivity index (χ2n) is 4.93. The van der Waals surface area contributed by atoms with Gasteiger partial charge in [0.05, 0.1) is 11.0 Å². The van der Waals surface area contributed by atoms with Gasteiger partial charge in [-0.1, -0.05) is 29.8 Å². The number of hydrogen-bond acceptors (Lipinski definition) is 1. The number of fused-ring (bicyclic) bond motifs is 1. The fourth-order valence-electron chi connectivity index (χ4n) is 2.06. The smallest absolute Gasteiger partial charge is 0.111 e. The van der Waals surface area contributed by atoms with Crippen LogP contribution in [0.3, 0.4) is 0 Å². The van der Waals surface area contributed by atoms with Crippen molar-refractivity contribution in [2.45, 2.75) is 33.2 Å². The lowest BCUT2D eigenvalue weighted by molar-refractivity contribution is 0.513. The van der Waals surface area contributed by atoms with Gasteiger partial charge < -0.3 is 4.57 Å². The van der Waals surface area contributed by atoms with E-state index >= 15 is 0 Å². The molecule has 0 fully saturated rings. The highest BCUT2D eigenvalue weighted by atomic mass is 79.9. The Kier molecular flexibility index (Phi) is 4.68. The molecule has 98 valence electrons. The number of alkyl halides is 1. The molecule has 18 heavy (non-hydrogen) atoms. The van der Waals surface area contributed by atoms with Crippen molar-refractivity contribution in [3.8, 4) is 0 Å². The minimum Gasteiger partial charge on any atom is -0.328 e. The zero-order valence-corrected chi connectivity index (χ0v) is 13.1. The number of benzene rings is 1. The normalized spacial score (nSPS) is 11.6. The van der Waals surface area contributed by atoms with E-state index in [1.165, 1.54) is 5.52 Å². The van der Waals surface area contributed by atoms with Crippen LogP contribution in [0, 0.1) is 5.92 Å². The molecule has 1 heterocycles. The third kappa shape index (κ3) is 3.07. The molecule has 4 heteroatoms. The van der Waals surface area contributed by atoms with E-state index in [1.54, 1.807) is 0 Å². The molecule has 1 aromatic carbocycles. The fourth-order valence-corrected chi connectivity index (χ4v) is 2.58. The fraction of sp³-hybridized carbons (Fsp3) is 0.500. The molecule has 0 N–H and O–H groups in total. The van der Waals surface area contributed by atoms with Crippen molar-refractivity contribution in [2.75, 3.05) is 5.88 Å². The van der Waals surface area contributed by atoms with Gasteiger partial charge in [0.2, 0.25) is 0 Å². The zero-order chi connectivity index (χ0) is 13.1. The molecule has 0 aliphatic heterocycles. The summed E-state index contributed by atoms with van der Waals surface area (Å²) in [6.45, 7) is 5.50. The maximum absolute atomic E-state index is 5.87. The van der Waals surface area contributed by atoms with Crippen molar-refractivity contribution in [1.82, 2.24) is 9.55 Å². The SMILES string of the molecule is CC(C)CCn1c(CCCl)nc2ccc(Br)cc21. The van der Waals surface area contributed by atoms with Crippen LogP contribution in [0.5, 0.6) is 0 Å². The topological polar surface area (TPSA) is 17.8 Å². The van der Waals surface area contributed by atoms with Crippen LogP contribution in [0.4, 0.5) is 0 Å². The zero-order valence-electron chi connectivity index (χ0n) is 10.8. The van der Waals surface area contributed by atoms with Crippen molar-refractivity contribution in [3.63, 3.8) is 0 Å². The van der Waals surface area contributed by atoms with Crippen LogP contribution in [0.25, 0.3) is 11.0 Å². The molecule has 0 radical (unpaired) electrons. The molecule has 2 aromatic rings. The highest BCUT2D eigenvalue weighted by Gasteiger charge is 2.11. The summed E-state index contributed by atoms with van der Waals surface area (Å²) in [6, 6.07) is 6.23. The molecule has 0 amide bonds. The van der Waals surface area contributed by atoms with Crippen LogP contribution in [0.15, 0.2) is 22.7 Å². The summed E-state index contributed by atoms with van der Waals surface area (Å²) in [5, 5.41) is 0. The van der Waals surface area contributed by atoms with Crippen LogP contribution >= 0.6 is 27.5 Å². The van der Waals surface area contributed by atoms with Gasteiger partial charge >= 0.3 is 0 Å². The molecule has 0 saturated carbocycles.